The first kappa shape index (κ1) is 8.88. The fourth-order valence-corrected chi connectivity index (χ4v) is 1.05. The fraction of sp³-hybridized carbons (Fsp3) is 0.400. The molecule has 66 valence electrons. The highest BCUT2D eigenvalue weighted by Crippen LogP contribution is 2.20. The van der Waals surface area contributed by atoms with E-state index in [4.69, 9.17) is 11.5 Å². The lowest BCUT2D eigenvalue weighted by atomic mass is 10.00. The Hall–Kier alpha value is -1.21. The quantitative estimate of drug-likeness (QED) is 0.433. The lowest BCUT2D eigenvalue weighted by Crippen LogP contribution is -2.53. The van der Waals surface area contributed by atoms with Crippen LogP contribution in [-0.4, -0.2) is 22.4 Å². The van der Waals surface area contributed by atoms with Crippen LogP contribution in [0, 0.1) is 0 Å². The Balaban J connectivity index is 2.97. The number of hydrogen-bond donors (Lipinski definition) is 3. The van der Waals surface area contributed by atoms with E-state index in [0.717, 1.165) is 0 Å². The zero-order valence-corrected chi connectivity index (χ0v) is 6.81. The first-order chi connectivity index (χ1) is 5.49. The zero-order chi connectivity index (χ0) is 9.35. The van der Waals surface area contributed by atoms with Crippen LogP contribution in [0.15, 0.2) is 0 Å². The minimum Gasteiger partial charge on any atom is -0.390 e. The van der Waals surface area contributed by atoms with Crippen LogP contribution in [0.4, 0.5) is 0 Å². The van der Waals surface area contributed by atoms with E-state index in [-0.39, 0.29) is 11.4 Å². The minimum atomic E-state index is -1.65. The summed E-state index contributed by atoms with van der Waals surface area (Å²) in [4.78, 5) is 25.9. The van der Waals surface area contributed by atoms with Crippen molar-refractivity contribution in [1.82, 2.24) is 5.48 Å². The summed E-state index contributed by atoms with van der Waals surface area (Å²) in [5.74, 6) is -1.34. The second kappa shape index (κ2) is 2.68. The van der Waals surface area contributed by atoms with E-state index in [1.807, 2.05) is 5.48 Å². The standard InChI is InChI=1S/C5H7N3O3S/c6-3(10)5(4(7)12)1-2(9)8-11-5/h1H2,(H2,6,10)(H2,7,12)(H,8,9). The summed E-state index contributed by atoms with van der Waals surface area (Å²) in [6.07, 6.45) is -0.252. The van der Waals surface area contributed by atoms with Gasteiger partial charge in [0.15, 0.2) is 0 Å². The number of amides is 2. The van der Waals surface area contributed by atoms with Crippen LogP contribution in [0.1, 0.15) is 6.42 Å². The van der Waals surface area contributed by atoms with Gasteiger partial charge in [-0.05, 0) is 0 Å². The molecule has 6 nitrogen and oxygen atoms in total. The van der Waals surface area contributed by atoms with Gasteiger partial charge in [0.25, 0.3) is 5.91 Å². The van der Waals surface area contributed by atoms with Crippen LogP contribution in [0.2, 0.25) is 0 Å². The van der Waals surface area contributed by atoms with Gasteiger partial charge in [0.2, 0.25) is 11.5 Å². The minimum absolute atomic E-state index is 0.242. The number of carbonyl (C=O) groups excluding carboxylic acids is 2. The molecule has 1 heterocycles. The molecular weight excluding hydrogens is 182 g/mol. The number of nitrogens with two attached hydrogens (primary N) is 2. The Bertz CT molecular complexity index is 251. The van der Waals surface area contributed by atoms with Crippen molar-refractivity contribution in [2.75, 3.05) is 0 Å². The molecule has 5 N–H and O–H groups in total. The summed E-state index contributed by atoms with van der Waals surface area (Å²) in [6, 6.07) is 0. The molecule has 0 aromatic rings. The molecule has 2 amide bonds. The highest BCUT2D eigenvalue weighted by Gasteiger charge is 2.49. The molecule has 1 aliphatic heterocycles. The number of hydroxylamine groups is 1. The Kier molecular flexibility index (Phi) is 1.99. The van der Waals surface area contributed by atoms with Crippen molar-refractivity contribution < 1.29 is 14.4 Å². The molecule has 1 saturated heterocycles. The molecule has 1 fully saturated rings. The largest absolute Gasteiger partial charge is 0.390 e. The molecule has 1 unspecified atom stereocenters. The second-order valence-corrected chi connectivity index (χ2v) is 2.80. The maximum atomic E-state index is 10.8. The predicted octanol–water partition coefficient (Wildman–Crippen LogP) is -2.05. The molecular formula is C5H7N3O3S. The predicted molar refractivity (Wildman–Crippen MR) is 42.6 cm³/mol. The van der Waals surface area contributed by atoms with E-state index in [2.05, 4.69) is 17.1 Å². The van der Waals surface area contributed by atoms with Gasteiger partial charge in [-0.2, -0.15) is 0 Å². The van der Waals surface area contributed by atoms with Gasteiger partial charge in [0, 0.05) is 0 Å². The van der Waals surface area contributed by atoms with E-state index >= 15 is 0 Å². The van der Waals surface area contributed by atoms with Gasteiger partial charge in [0.1, 0.15) is 4.99 Å². The Labute approximate surface area is 73.2 Å². The monoisotopic (exact) mass is 189 g/mol. The number of hydrogen-bond acceptors (Lipinski definition) is 4. The average molecular weight is 189 g/mol. The molecule has 1 aliphatic rings. The summed E-state index contributed by atoms with van der Waals surface area (Å²) < 4.78 is 0. The maximum absolute atomic E-state index is 10.8. The lowest BCUT2D eigenvalue weighted by Gasteiger charge is -2.19. The number of primary amides is 1. The van der Waals surface area contributed by atoms with Gasteiger partial charge in [-0.3, -0.25) is 9.59 Å². The van der Waals surface area contributed by atoms with Crippen molar-refractivity contribution in [3.05, 3.63) is 0 Å². The third-order valence-corrected chi connectivity index (χ3v) is 1.87. The Morgan fingerprint density at radius 2 is 2.25 bits per heavy atom. The van der Waals surface area contributed by atoms with Crippen molar-refractivity contribution >= 4 is 29.0 Å². The van der Waals surface area contributed by atoms with Gasteiger partial charge >= 0.3 is 0 Å². The average Bonchev–Trinajstić information content (AvgIpc) is 2.32. The molecule has 1 rings (SSSR count). The third-order valence-electron chi connectivity index (χ3n) is 1.54. The van der Waals surface area contributed by atoms with E-state index in [0.29, 0.717) is 0 Å². The molecule has 0 aromatic carbocycles. The second-order valence-electron chi connectivity index (χ2n) is 2.36. The molecule has 0 aromatic heterocycles. The maximum Gasteiger partial charge on any atom is 0.260 e. The Morgan fingerprint density at radius 3 is 2.42 bits per heavy atom. The van der Waals surface area contributed by atoms with E-state index < -0.39 is 17.4 Å². The van der Waals surface area contributed by atoms with Crippen LogP contribution in [0.25, 0.3) is 0 Å². The van der Waals surface area contributed by atoms with Gasteiger partial charge < -0.3 is 11.5 Å². The van der Waals surface area contributed by atoms with Crippen molar-refractivity contribution in [3.8, 4) is 0 Å². The summed E-state index contributed by atoms with van der Waals surface area (Å²) in [5.41, 5.74) is 10.5. The molecule has 1 atom stereocenters. The highest BCUT2D eigenvalue weighted by molar-refractivity contribution is 7.80. The zero-order valence-electron chi connectivity index (χ0n) is 5.99. The van der Waals surface area contributed by atoms with E-state index in [9.17, 15) is 9.59 Å². The van der Waals surface area contributed by atoms with Crippen molar-refractivity contribution in [1.29, 1.82) is 0 Å². The van der Waals surface area contributed by atoms with Crippen LogP contribution < -0.4 is 16.9 Å². The summed E-state index contributed by atoms with van der Waals surface area (Å²) in [5, 5.41) is 0. The highest BCUT2D eigenvalue weighted by atomic mass is 32.1. The number of nitrogens with one attached hydrogen (secondary N) is 1. The van der Waals surface area contributed by atoms with Crippen molar-refractivity contribution in [3.63, 3.8) is 0 Å². The lowest BCUT2D eigenvalue weighted by molar-refractivity contribution is -0.136. The normalized spacial score (nSPS) is 28.2. The molecule has 0 spiro atoms. The first-order valence-electron chi connectivity index (χ1n) is 3.06. The number of rotatable bonds is 2. The van der Waals surface area contributed by atoms with Crippen LogP contribution >= 0.6 is 12.2 Å². The molecule has 7 heteroatoms. The molecule has 0 radical (unpaired) electrons. The van der Waals surface area contributed by atoms with Gasteiger partial charge in [0.05, 0.1) is 6.42 Å². The van der Waals surface area contributed by atoms with Crippen molar-refractivity contribution in [2.45, 2.75) is 12.0 Å². The number of carbonyl (C=O) groups is 2. The SMILES string of the molecule is NC(=O)C1(C(N)=S)CC(=O)NO1. The van der Waals surface area contributed by atoms with E-state index in [1.54, 1.807) is 0 Å². The van der Waals surface area contributed by atoms with Crippen LogP contribution in [-0.2, 0) is 14.4 Å². The molecule has 0 bridgehead atoms. The fourth-order valence-electron chi connectivity index (χ4n) is 0.839. The topological polar surface area (TPSA) is 107 Å². The van der Waals surface area contributed by atoms with Crippen LogP contribution in [0.5, 0.6) is 0 Å². The summed E-state index contributed by atoms with van der Waals surface area (Å²) >= 11 is 4.56. The van der Waals surface area contributed by atoms with Gasteiger partial charge in [-0.15, -0.1) is 0 Å². The number of thiocarbonyl (C=S) groups is 1. The summed E-state index contributed by atoms with van der Waals surface area (Å²) in [6.45, 7) is 0. The summed E-state index contributed by atoms with van der Waals surface area (Å²) in [7, 11) is 0. The smallest absolute Gasteiger partial charge is 0.260 e. The first-order valence-corrected chi connectivity index (χ1v) is 3.46. The molecule has 12 heavy (non-hydrogen) atoms. The molecule has 0 aliphatic carbocycles. The van der Waals surface area contributed by atoms with Crippen molar-refractivity contribution in [2.24, 2.45) is 11.5 Å². The third kappa shape index (κ3) is 1.12. The van der Waals surface area contributed by atoms with Gasteiger partial charge in [-0.25, -0.2) is 10.3 Å². The molecule has 0 saturated carbocycles. The van der Waals surface area contributed by atoms with E-state index in [1.165, 1.54) is 0 Å². The Morgan fingerprint density at radius 1 is 1.67 bits per heavy atom. The van der Waals surface area contributed by atoms with Gasteiger partial charge in [-0.1, -0.05) is 12.2 Å². The van der Waals surface area contributed by atoms with Crippen LogP contribution in [0.3, 0.4) is 0 Å².